The molecule has 2 aromatic heterocycles. The van der Waals surface area contributed by atoms with Gasteiger partial charge in [-0.25, -0.2) is 4.79 Å². The molecule has 2 heterocycles. The summed E-state index contributed by atoms with van der Waals surface area (Å²) in [4.78, 5) is 37.1. The van der Waals surface area contributed by atoms with Gasteiger partial charge in [0.15, 0.2) is 5.76 Å². The van der Waals surface area contributed by atoms with Crippen LogP contribution in [-0.2, 0) is 4.74 Å². The molecule has 0 saturated heterocycles. The maximum Gasteiger partial charge on any atom is 0.337 e. The van der Waals surface area contributed by atoms with E-state index in [1.807, 2.05) is 0 Å². The number of amides is 1. The van der Waals surface area contributed by atoms with Gasteiger partial charge in [-0.1, -0.05) is 12.1 Å². The molecular formula is C24H20N2O6. The molecule has 0 fully saturated rings. The standard InChI is InChI=1S/C24H20N2O6/c1-14(27)26-13-19(18-12-17(30-2)7-8-21(18)26)23(28)25-20-9-10-32-22(20)15-5-4-6-16(11-15)24(29)31-3/h4-13H,1-3H3,(H,25,28). The monoisotopic (exact) mass is 432 g/mol. The maximum absolute atomic E-state index is 13.2. The molecule has 32 heavy (non-hydrogen) atoms. The molecule has 0 bridgehead atoms. The van der Waals surface area contributed by atoms with E-state index < -0.39 is 11.9 Å². The summed E-state index contributed by atoms with van der Waals surface area (Å²) in [5, 5.41) is 3.41. The second kappa shape index (κ2) is 8.43. The Morgan fingerprint density at radius 3 is 2.56 bits per heavy atom. The Hall–Kier alpha value is -4.33. The van der Waals surface area contributed by atoms with Crippen LogP contribution in [0.15, 0.2) is 65.4 Å². The van der Waals surface area contributed by atoms with Crippen LogP contribution in [0.1, 0.15) is 32.4 Å². The molecule has 0 aliphatic carbocycles. The van der Waals surface area contributed by atoms with E-state index in [1.54, 1.807) is 48.5 Å². The van der Waals surface area contributed by atoms with Gasteiger partial charge in [-0.05, 0) is 30.3 Å². The fourth-order valence-corrected chi connectivity index (χ4v) is 3.50. The summed E-state index contributed by atoms with van der Waals surface area (Å²) in [6.45, 7) is 1.42. The van der Waals surface area contributed by atoms with Gasteiger partial charge in [0.1, 0.15) is 5.75 Å². The minimum Gasteiger partial charge on any atom is -0.497 e. The van der Waals surface area contributed by atoms with E-state index in [1.165, 1.54) is 38.2 Å². The van der Waals surface area contributed by atoms with Crippen LogP contribution in [-0.4, -0.2) is 36.6 Å². The molecule has 0 radical (unpaired) electrons. The van der Waals surface area contributed by atoms with Crippen molar-refractivity contribution in [2.75, 3.05) is 19.5 Å². The maximum atomic E-state index is 13.2. The lowest BCUT2D eigenvalue weighted by Gasteiger charge is -2.07. The number of rotatable bonds is 5. The molecule has 162 valence electrons. The number of anilines is 1. The SMILES string of the molecule is COC(=O)c1cccc(-c2occc2NC(=O)c2cn(C(C)=O)c3ccc(OC)cc23)c1. The summed E-state index contributed by atoms with van der Waals surface area (Å²) in [5.41, 5.74) is 2.28. The summed E-state index contributed by atoms with van der Waals surface area (Å²) >= 11 is 0. The number of nitrogens with one attached hydrogen (secondary N) is 1. The van der Waals surface area contributed by atoms with Gasteiger partial charge in [-0.3, -0.25) is 14.2 Å². The van der Waals surface area contributed by atoms with Crippen LogP contribution in [0.2, 0.25) is 0 Å². The lowest BCUT2D eigenvalue weighted by molar-refractivity contribution is 0.0600. The Morgan fingerprint density at radius 1 is 1.03 bits per heavy atom. The molecule has 0 unspecified atom stereocenters. The van der Waals surface area contributed by atoms with Crippen molar-refractivity contribution >= 4 is 34.4 Å². The lowest BCUT2D eigenvalue weighted by Crippen LogP contribution is -2.12. The second-order valence-corrected chi connectivity index (χ2v) is 7.00. The van der Waals surface area contributed by atoms with Crippen molar-refractivity contribution in [2.45, 2.75) is 6.92 Å². The van der Waals surface area contributed by atoms with Crippen LogP contribution in [0.4, 0.5) is 5.69 Å². The zero-order valence-corrected chi connectivity index (χ0v) is 17.7. The van der Waals surface area contributed by atoms with Crippen molar-refractivity contribution in [1.29, 1.82) is 0 Å². The van der Waals surface area contributed by atoms with Crippen molar-refractivity contribution in [3.63, 3.8) is 0 Å². The number of ether oxygens (including phenoxy) is 2. The number of benzene rings is 2. The predicted octanol–water partition coefficient (Wildman–Crippen LogP) is 4.61. The third-order valence-corrected chi connectivity index (χ3v) is 5.05. The van der Waals surface area contributed by atoms with Gasteiger partial charge in [0.2, 0.25) is 5.91 Å². The molecule has 2 aromatic carbocycles. The Morgan fingerprint density at radius 2 is 1.84 bits per heavy atom. The van der Waals surface area contributed by atoms with Crippen LogP contribution in [0, 0.1) is 0 Å². The summed E-state index contributed by atoms with van der Waals surface area (Å²) in [5.74, 6) is -0.165. The fraction of sp³-hybridized carbons (Fsp3) is 0.125. The van der Waals surface area contributed by atoms with Crippen molar-refractivity contribution < 1.29 is 28.3 Å². The lowest BCUT2D eigenvalue weighted by atomic mass is 10.1. The van der Waals surface area contributed by atoms with Crippen molar-refractivity contribution in [3.05, 3.63) is 72.1 Å². The van der Waals surface area contributed by atoms with Gasteiger partial charge in [0.25, 0.3) is 5.91 Å². The highest BCUT2D eigenvalue weighted by Crippen LogP contribution is 2.32. The largest absolute Gasteiger partial charge is 0.497 e. The minimum atomic E-state index is -0.477. The minimum absolute atomic E-state index is 0.220. The van der Waals surface area contributed by atoms with Crippen molar-refractivity contribution in [3.8, 4) is 17.1 Å². The van der Waals surface area contributed by atoms with Crippen LogP contribution in [0.5, 0.6) is 5.75 Å². The van der Waals surface area contributed by atoms with E-state index in [2.05, 4.69) is 5.32 Å². The molecule has 0 saturated carbocycles. The molecule has 1 N–H and O–H groups in total. The number of aromatic nitrogens is 1. The number of furan rings is 1. The highest BCUT2D eigenvalue weighted by Gasteiger charge is 2.20. The van der Waals surface area contributed by atoms with Crippen LogP contribution >= 0.6 is 0 Å². The van der Waals surface area contributed by atoms with Crippen molar-refractivity contribution in [1.82, 2.24) is 4.57 Å². The zero-order valence-electron chi connectivity index (χ0n) is 17.7. The highest BCUT2D eigenvalue weighted by molar-refractivity contribution is 6.15. The van der Waals surface area contributed by atoms with Gasteiger partial charge >= 0.3 is 5.97 Å². The molecule has 4 rings (SSSR count). The average Bonchev–Trinajstić information content (AvgIpc) is 3.42. The number of fused-ring (bicyclic) bond motifs is 1. The van der Waals surface area contributed by atoms with Crippen molar-refractivity contribution in [2.24, 2.45) is 0 Å². The van der Waals surface area contributed by atoms with E-state index >= 15 is 0 Å². The zero-order chi connectivity index (χ0) is 22.8. The molecular weight excluding hydrogens is 412 g/mol. The van der Waals surface area contributed by atoms with Gasteiger partial charge < -0.3 is 19.2 Å². The fourth-order valence-electron chi connectivity index (χ4n) is 3.50. The van der Waals surface area contributed by atoms with Gasteiger partial charge in [-0.2, -0.15) is 0 Å². The number of carbonyl (C=O) groups excluding carboxylic acids is 3. The summed E-state index contributed by atoms with van der Waals surface area (Å²) < 4.78 is 17.0. The molecule has 0 atom stereocenters. The number of carbonyl (C=O) groups is 3. The predicted molar refractivity (Wildman–Crippen MR) is 118 cm³/mol. The third kappa shape index (κ3) is 3.74. The van der Waals surface area contributed by atoms with Crippen LogP contribution in [0.25, 0.3) is 22.2 Å². The first-order valence-corrected chi connectivity index (χ1v) is 9.70. The molecule has 4 aromatic rings. The quantitative estimate of drug-likeness (QED) is 0.463. The highest BCUT2D eigenvalue weighted by atomic mass is 16.5. The van der Waals surface area contributed by atoms with Gasteiger partial charge in [-0.15, -0.1) is 0 Å². The van der Waals surface area contributed by atoms with Gasteiger partial charge in [0, 0.05) is 30.1 Å². The molecule has 8 heteroatoms. The first-order chi connectivity index (χ1) is 15.4. The number of methoxy groups -OCH3 is 2. The number of hydrogen-bond donors (Lipinski definition) is 1. The first kappa shape index (κ1) is 20.9. The topological polar surface area (TPSA) is 99.8 Å². The average molecular weight is 432 g/mol. The van der Waals surface area contributed by atoms with E-state index in [4.69, 9.17) is 13.9 Å². The number of hydrogen-bond acceptors (Lipinski definition) is 6. The van der Waals surface area contributed by atoms with E-state index in [9.17, 15) is 14.4 Å². The third-order valence-electron chi connectivity index (χ3n) is 5.05. The molecule has 8 nitrogen and oxygen atoms in total. The Kier molecular flexibility index (Phi) is 5.51. The number of esters is 1. The smallest absolute Gasteiger partial charge is 0.337 e. The van der Waals surface area contributed by atoms with Crippen LogP contribution < -0.4 is 10.1 Å². The van der Waals surface area contributed by atoms with E-state index in [-0.39, 0.29) is 5.91 Å². The normalized spacial score (nSPS) is 10.7. The Labute approximate surface area is 183 Å². The number of nitrogens with zero attached hydrogens (tertiary/aromatic N) is 1. The molecule has 0 spiro atoms. The Balaban J connectivity index is 1.71. The van der Waals surface area contributed by atoms with Gasteiger partial charge in [0.05, 0.1) is 42.8 Å². The molecule has 0 aliphatic rings. The summed E-state index contributed by atoms with van der Waals surface area (Å²) in [6, 6.07) is 13.5. The van der Waals surface area contributed by atoms with E-state index in [0.29, 0.717) is 44.8 Å². The first-order valence-electron chi connectivity index (χ1n) is 9.70. The molecule has 1 amide bonds. The summed E-state index contributed by atoms with van der Waals surface area (Å²) in [6.07, 6.45) is 2.94. The molecule has 0 aliphatic heterocycles. The Bertz CT molecular complexity index is 1350. The van der Waals surface area contributed by atoms with Crippen LogP contribution in [0.3, 0.4) is 0 Å². The summed E-state index contributed by atoms with van der Waals surface area (Å²) in [7, 11) is 2.84. The second-order valence-electron chi connectivity index (χ2n) is 7.00. The van der Waals surface area contributed by atoms with E-state index in [0.717, 1.165) is 0 Å².